The molecule has 0 radical (unpaired) electrons. The highest BCUT2D eigenvalue weighted by molar-refractivity contribution is 7.09. The molecule has 17 heavy (non-hydrogen) atoms. The molecule has 0 aliphatic carbocycles. The van der Waals surface area contributed by atoms with Gasteiger partial charge >= 0.3 is 0 Å². The third-order valence-electron chi connectivity index (χ3n) is 2.32. The van der Waals surface area contributed by atoms with E-state index < -0.39 is 0 Å². The summed E-state index contributed by atoms with van der Waals surface area (Å²) in [7, 11) is 1.61. The van der Waals surface area contributed by atoms with Gasteiger partial charge in [-0.1, -0.05) is 6.07 Å². The fourth-order valence-corrected chi connectivity index (χ4v) is 2.08. The first-order valence-corrected chi connectivity index (χ1v) is 6.52. The molecule has 0 spiro atoms. The number of likely N-dealkylation sites (N-methyl/N-ethyl adjacent to an activating group) is 1. The van der Waals surface area contributed by atoms with E-state index in [0.717, 1.165) is 0 Å². The zero-order valence-corrected chi connectivity index (χ0v) is 11.2. The second-order valence-electron chi connectivity index (χ2n) is 3.53. The average molecular weight is 257 g/mol. The Morgan fingerprint density at radius 2 is 2.29 bits per heavy atom. The summed E-state index contributed by atoms with van der Waals surface area (Å²) in [5.41, 5.74) is 0. The number of ether oxygens (including phenoxy) is 2. The van der Waals surface area contributed by atoms with Crippen LogP contribution in [0.5, 0.6) is 0 Å². The van der Waals surface area contributed by atoms with Gasteiger partial charge in [-0.25, -0.2) is 0 Å². The van der Waals surface area contributed by atoms with Crippen molar-refractivity contribution in [2.45, 2.75) is 13.5 Å². The fourth-order valence-electron chi connectivity index (χ4n) is 1.36. The van der Waals surface area contributed by atoms with Crippen LogP contribution >= 0.6 is 11.3 Å². The van der Waals surface area contributed by atoms with Gasteiger partial charge in [-0.15, -0.1) is 11.3 Å². The van der Waals surface area contributed by atoms with Gasteiger partial charge in [0, 0.05) is 18.5 Å². The van der Waals surface area contributed by atoms with Crippen molar-refractivity contribution in [2.75, 3.05) is 33.5 Å². The Labute approximate surface area is 106 Å². The van der Waals surface area contributed by atoms with Gasteiger partial charge in [0.05, 0.1) is 19.8 Å². The summed E-state index contributed by atoms with van der Waals surface area (Å²) >= 11 is 1.66. The number of methoxy groups -OCH3 is 1. The Kier molecular flexibility index (Phi) is 6.84. The molecule has 1 rings (SSSR count). The van der Waals surface area contributed by atoms with Crippen molar-refractivity contribution < 1.29 is 14.3 Å². The predicted molar refractivity (Wildman–Crippen MR) is 68.1 cm³/mol. The first-order chi connectivity index (χ1) is 8.27. The molecular formula is C12H19NO3S. The minimum absolute atomic E-state index is 0.0250. The number of hydrogen-bond acceptors (Lipinski definition) is 4. The lowest BCUT2D eigenvalue weighted by atomic mass is 10.4. The Hall–Kier alpha value is -0.910. The van der Waals surface area contributed by atoms with Crippen LogP contribution in [0.4, 0.5) is 0 Å². The minimum Gasteiger partial charge on any atom is -0.382 e. The van der Waals surface area contributed by atoms with Crippen LogP contribution in [0, 0.1) is 0 Å². The van der Waals surface area contributed by atoms with Crippen LogP contribution in [0.25, 0.3) is 0 Å². The van der Waals surface area contributed by atoms with Crippen LogP contribution in [0.1, 0.15) is 11.8 Å². The van der Waals surface area contributed by atoms with Gasteiger partial charge < -0.3 is 14.4 Å². The van der Waals surface area contributed by atoms with Gasteiger partial charge in [0.1, 0.15) is 6.61 Å². The molecule has 0 aliphatic rings. The highest BCUT2D eigenvalue weighted by atomic mass is 32.1. The van der Waals surface area contributed by atoms with Crippen molar-refractivity contribution in [1.29, 1.82) is 0 Å². The van der Waals surface area contributed by atoms with Crippen molar-refractivity contribution in [1.82, 2.24) is 4.90 Å². The molecule has 4 nitrogen and oxygen atoms in total. The summed E-state index contributed by atoms with van der Waals surface area (Å²) in [5, 5.41) is 2.02. The zero-order valence-electron chi connectivity index (χ0n) is 10.3. The van der Waals surface area contributed by atoms with Crippen molar-refractivity contribution in [3.63, 3.8) is 0 Å². The van der Waals surface area contributed by atoms with Gasteiger partial charge in [0.15, 0.2) is 0 Å². The average Bonchev–Trinajstić information content (AvgIpc) is 2.84. The number of carbonyl (C=O) groups excluding carboxylic acids is 1. The summed E-state index contributed by atoms with van der Waals surface area (Å²) in [6.45, 7) is 4.44. The topological polar surface area (TPSA) is 38.8 Å². The molecule has 0 aromatic carbocycles. The highest BCUT2D eigenvalue weighted by Crippen LogP contribution is 2.11. The van der Waals surface area contributed by atoms with Crippen molar-refractivity contribution in [3.05, 3.63) is 22.4 Å². The Balaban J connectivity index is 2.31. The van der Waals surface area contributed by atoms with Gasteiger partial charge in [-0.3, -0.25) is 4.79 Å². The molecule has 0 saturated heterocycles. The van der Waals surface area contributed by atoms with Crippen LogP contribution in [-0.2, 0) is 20.8 Å². The van der Waals surface area contributed by atoms with Crippen LogP contribution in [0.15, 0.2) is 17.5 Å². The van der Waals surface area contributed by atoms with E-state index in [0.29, 0.717) is 26.3 Å². The smallest absolute Gasteiger partial charge is 0.248 e. The molecule has 0 unspecified atom stereocenters. The van der Waals surface area contributed by atoms with Crippen molar-refractivity contribution >= 4 is 17.2 Å². The normalized spacial score (nSPS) is 10.5. The van der Waals surface area contributed by atoms with Crippen LogP contribution in [0.2, 0.25) is 0 Å². The Bertz CT molecular complexity index is 314. The molecule has 0 fully saturated rings. The van der Waals surface area contributed by atoms with E-state index in [4.69, 9.17) is 9.47 Å². The molecule has 0 bridgehead atoms. The number of amides is 1. The van der Waals surface area contributed by atoms with E-state index in [9.17, 15) is 4.79 Å². The summed E-state index contributed by atoms with van der Waals surface area (Å²) in [4.78, 5) is 14.8. The fraction of sp³-hybridized carbons (Fsp3) is 0.583. The maximum Gasteiger partial charge on any atom is 0.248 e. The Morgan fingerprint density at radius 3 is 2.88 bits per heavy atom. The molecule has 1 aromatic heterocycles. The maximum atomic E-state index is 11.8. The molecule has 0 atom stereocenters. The summed E-state index contributed by atoms with van der Waals surface area (Å²) < 4.78 is 10.1. The number of thiophene rings is 1. The second-order valence-corrected chi connectivity index (χ2v) is 4.56. The SMILES string of the molecule is CCN(Cc1cccs1)C(=O)COCCOC. The van der Waals surface area contributed by atoms with Crippen molar-refractivity contribution in [3.8, 4) is 0 Å². The molecule has 5 heteroatoms. The molecule has 0 N–H and O–H groups in total. The number of carbonyl (C=O) groups is 1. The van der Waals surface area contributed by atoms with Crippen LogP contribution in [-0.4, -0.2) is 44.3 Å². The lowest BCUT2D eigenvalue weighted by Crippen LogP contribution is -2.33. The first kappa shape index (κ1) is 14.2. The summed E-state index contributed by atoms with van der Waals surface area (Å²) in [5.74, 6) is 0.0250. The largest absolute Gasteiger partial charge is 0.382 e. The second kappa shape index (κ2) is 8.22. The zero-order chi connectivity index (χ0) is 12.5. The monoisotopic (exact) mass is 257 g/mol. The van der Waals surface area contributed by atoms with E-state index >= 15 is 0 Å². The standard InChI is InChI=1S/C12H19NO3S/c1-3-13(9-11-5-4-8-17-11)12(14)10-16-7-6-15-2/h4-5,8H,3,6-7,9-10H2,1-2H3. The van der Waals surface area contributed by atoms with E-state index in [1.165, 1.54) is 4.88 Å². The van der Waals surface area contributed by atoms with Gasteiger partial charge in [0.25, 0.3) is 0 Å². The van der Waals surface area contributed by atoms with E-state index in [-0.39, 0.29) is 12.5 Å². The molecule has 1 amide bonds. The molecule has 96 valence electrons. The van der Waals surface area contributed by atoms with Gasteiger partial charge in [-0.05, 0) is 18.4 Å². The summed E-state index contributed by atoms with van der Waals surface area (Å²) in [6, 6.07) is 4.03. The van der Waals surface area contributed by atoms with Crippen LogP contribution in [0.3, 0.4) is 0 Å². The lowest BCUT2D eigenvalue weighted by Gasteiger charge is -2.20. The van der Waals surface area contributed by atoms with Gasteiger partial charge in [0.2, 0.25) is 5.91 Å². The summed E-state index contributed by atoms with van der Waals surface area (Å²) in [6.07, 6.45) is 0. The van der Waals surface area contributed by atoms with Crippen molar-refractivity contribution in [2.24, 2.45) is 0 Å². The predicted octanol–water partition coefficient (Wildman–Crippen LogP) is 1.76. The highest BCUT2D eigenvalue weighted by Gasteiger charge is 2.12. The van der Waals surface area contributed by atoms with E-state index in [1.54, 1.807) is 23.3 Å². The molecule has 1 aromatic rings. The van der Waals surface area contributed by atoms with E-state index in [2.05, 4.69) is 0 Å². The van der Waals surface area contributed by atoms with E-state index in [1.807, 2.05) is 24.4 Å². The molecule has 1 heterocycles. The van der Waals surface area contributed by atoms with Crippen LogP contribution < -0.4 is 0 Å². The number of hydrogen-bond donors (Lipinski definition) is 0. The molecule has 0 aliphatic heterocycles. The number of nitrogens with zero attached hydrogens (tertiary/aromatic N) is 1. The minimum atomic E-state index is 0.0250. The number of rotatable bonds is 8. The molecule has 0 saturated carbocycles. The Morgan fingerprint density at radius 1 is 1.47 bits per heavy atom. The molecular weight excluding hydrogens is 238 g/mol. The third kappa shape index (κ3) is 5.30. The quantitative estimate of drug-likeness (QED) is 0.666. The lowest BCUT2D eigenvalue weighted by molar-refractivity contribution is -0.136. The van der Waals surface area contributed by atoms with Gasteiger partial charge in [-0.2, -0.15) is 0 Å². The third-order valence-corrected chi connectivity index (χ3v) is 3.18. The first-order valence-electron chi connectivity index (χ1n) is 5.64. The maximum absolute atomic E-state index is 11.8.